The van der Waals surface area contributed by atoms with Crippen molar-refractivity contribution in [2.75, 3.05) is 12.4 Å². The van der Waals surface area contributed by atoms with Gasteiger partial charge >= 0.3 is 0 Å². The summed E-state index contributed by atoms with van der Waals surface area (Å²) in [5.74, 6) is 0.233. The maximum absolute atomic E-state index is 12.2. The molecule has 2 heterocycles. The van der Waals surface area contributed by atoms with Crippen LogP contribution >= 0.6 is 11.6 Å². The van der Waals surface area contributed by atoms with E-state index in [2.05, 4.69) is 15.4 Å². The molecule has 0 radical (unpaired) electrons. The zero-order valence-electron chi connectivity index (χ0n) is 11.1. The first-order valence-corrected chi connectivity index (χ1v) is 6.51. The predicted molar refractivity (Wildman–Crippen MR) is 78.9 cm³/mol. The van der Waals surface area contributed by atoms with Gasteiger partial charge in [-0.3, -0.25) is 4.79 Å². The number of benzene rings is 1. The van der Waals surface area contributed by atoms with Crippen LogP contribution in [0.25, 0.3) is 5.65 Å². The van der Waals surface area contributed by atoms with Crippen LogP contribution in [0.15, 0.2) is 42.6 Å². The normalized spacial score (nSPS) is 10.6. The second-order valence-electron chi connectivity index (χ2n) is 4.24. The molecule has 3 rings (SSSR count). The van der Waals surface area contributed by atoms with Gasteiger partial charge in [-0.25, -0.2) is 9.50 Å². The molecule has 0 unspecified atom stereocenters. The van der Waals surface area contributed by atoms with E-state index in [1.54, 1.807) is 31.4 Å². The van der Waals surface area contributed by atoms with Crippen LogP contribution in [0.1, 0.15) is 10.5 Å². The average Bonchev–Trinajstić information content (AvgIpc) is 2.91. The van der Waals surface area contributed by atoms with Crippen molar-refractivity contribution >= 4 is 28.8 Å². The number of aromatic nitrogens is 3. The molecule has 0 aliphatic heterocycles. The molecule has 0 fully saturated rings. The lowest BCUT2D eigenvalue weighted by molar-refractivity contribution is 0.102. The fraction of sp³-hybridized carbons (Fsp3) is 0.0714. The van der Waals surface area contributed by atoms with Crippen molar-refractivity contribution in [1.82, 2.24) is 14.6 Å². The number of fused-ring (bicyclic) bond motifs is 1. The SMILES string of the molecule is COc1ccccc1NC(=O)c1cn2nc(Cl)ccc2n1. The molecular weight excluding hydrogens is 292 g/mol. The smallest absolute Gasteiger partial charge is 0.276 e. The molecule has 0 saturated heterocycles. The molecule has 1 amide bonds. The number of para-hydroxylation sites is 2. The van der Waals surface area contributed by atoms with Crippen LogP contribution in [0.4, 0.5) is 5.69 Å². The maximum atomic E-state index is 12.2. The number of nitrogens with zero attached hydrogens (tertiary/aromatic N) is 3. The lowest BCUT2D eigenvalue weighted by Gasteiger charge is -2.08. The zero-order chi connectivity index (χ0) is 14.8. The summed E-state index contributed by atoms with van der Waals surface area (Å²) in [4.78, 5) is 16.4. The molecule has 0 aliphatic carbocycles. The Hall–Kier alpha value is -2.60. The number of carbonyl (C=O) groups is 1. The third-order valence-corrected chi connectivity index (χ3v) is 3.08. The average molecular weight is 303 g/mol. The topological polar surface area (TPSA) is 68.5 Å². The van der Waals surface area contributed by atoms with E-state index in [1.807, 2.05) is 12.1 Å². The number of anilines is 1. The van der Waals surface area contributed by atoms with Gasteiger partial charge in [-0.2, -0.15) is 5.10 Å². The van der Waals surface area contributed by atoms with Gasteiger partial charge in [0.05, 0.1) is 19.0 Å². The fourth-order valence-corrected chi connectivity index (χ4v) is 2.05. The highest BCUT2D eigenvalue weighted by Gasteiger charge is 2.13. The van der Waals surface area contributed by atoms with Crippen molar-refractivity contribution in [3.63, 3.8) is 0 Å². The largest absolute Gasteiger partial charge is 0.495 e. The van der Waals surface area contributed by atoms with Gasteiger partial charge in [-0.15, -0.1) is 0 Å². The zero-order valence-corrected chi connectivity index (χ0v) is 11.8. The van der Waals surface area contributed by atoms with E-state index in [0.717, 1.165) is 0 Å². The summed E-state index contributed by atoms with van der Waals surface area (Å²) in [7, 11) is 1.54. The number of rotatable bonds is 3. The number of carbonyl (C=O) groups excluding carboxylic acids is 1. The first-order chi connectivity index (χ1) is 10.2. The Morgan fingerprint density at radius 2 is 2.10 bits per heavy atom. The van der Waals surface area contributed by atoms with Gasteiger partial charge in [0.2, 0.25) is 0 Å². The minimum atomic E-state index is -0.346. The number of methoxy groups -OCH3 is 1. The van der Waals surface area contributed by atoms with Crippen molar-refractivity contribution in [1.29, 1.82) is 0 Å². The molecule has 21 heavy (non-hydrogen) atoms. The summed E-state index contributed by atoms with van der Waals surface area (Å²) in [5.41, 5.74) is 1.37. The van der Waals surface area contributed by atoms with E-state index in [4.69, 9.17) is 16.3 Å². The summed E-state index contributed by atoms with van der Waals surface area (Å²) in [6, 6.07) is 10.5. The van der Waals surface area contributed by atoms with Crippen molar-refractivity contribution in [2.45, 2.75) is 0 Å². The van der Waals surface area contributed by atoms with E-state index in [-0.39, 0.29) is 11.6 Å². The Kier molecular flexibility index (Phi) is 3.45. The number of hydrogen-bond acceptors (Lipinski definition) is 4. The van der Waals surface area contributed by atoms with Crippen LogP contribution in [-0.4, -0.2) is 27.6 Å². The van der Waals surface area contributed by atoms with E-state index >= 15 is 0 Å². The van der Waals surface area contributed by atoms with Crippen molar-refractivity contribution < 1.29 is 9.53 Å². The highest BCUT2D eigenvalue weighted by molar-refractivity contribution is 6.29. The standard InChI is InChI=1S/C14H11ClN4O2/c1-21-11-5-3-2-4-9(11)17-14(20)10-8-19-13(16-10)7-6-12(15)18-19/h2-8H,1H3,(H,17,20). The summed E-state index contributed by atoms with van der Waals surface area (Å²) in [5, 5.41) is 7.12. The van der Waals surface area contributed by atoms with Gasteiger partial charge in [-0.05, 0) is 24.3 Å². The summed E-state index contributed by atoms with van der Waals surface area (Å²) in [6.45, 7) is 0. The van der Waals surface area contributed by atoms with Gasteiger partial charge in [0.15, 0.2) is 5.65 Å². The van der Waals surface area contributed by atoms with Gasteiger partial charge in [0, 0.05) is 0 Å². The second kappa shape index (κ2) is 5.41. The monoisotopic (exact) mass is 302 g/mol. The Labute approximate surface area is 125 Å². The quantitative estimate of drug-likeness (QED) is 0.807. The number of nitrogens with one attached hydrogen (secondary N) is 1. The lowest BCUT2D eigenvalue weighted by Crippen LogP contribution is -2.13. The second-order valence-corrected chi connectivity index (χ2v) is 4.63. The van der Waals surface area contributed by atoms with Crippen LogP contribution < -0.4 is 10.1 Å². The minimum absolute atomic E-state index is 0.246. The predicted octanol–water partition coefficient (Wildman–Crippen LogP) is 2.64. The first kappa shape index (κ1) is 13.4. The molecule has 0 bridgehead atoms. The molecule has 2 aromatic heterocycles. The van der Waals surface area contributed by atoms with Gasteiger partial charge in [0.25, 0.3) is 5.91 Å². The fourth-order valence-electron chi connectivity index (χ4n) is 1.90. The third kappa shape index (κ3) is 2.66. The molecule has 1 N–H and O–H groups in total. The van der Waals surface area contributed by atoms with Gasteiger partial charge in [-0.1, -0.05) is 23.7 Å². The first-order valence-electron chi connectivity index (χ1n) is 6.13. The highest BCUT2D eigenvalue weighted by atomic mass is 35.5. The molecule has 7 heteroatoms. The van der Waals surface area contributed by atoms with Crippen LogP contribution in [0, 0.1) is 0 Å². The summed E-state index contributed by atoms with van der Waals surface area (Å²) in [6.07, 6.45) is 1.52. The van der Waals surface area contributed by atoms with Crippen LogP contribution in [0.3, 0.4) is 0 Å². The number of amides is 1. The molecule has 0 atom stereocenters. The molecule has 106 valence electrons. The molecule has 3 aromatic rings. The van der Waals surface area contributed by atoms with Gasteiger partial charge < -0.3 is 10.1 Å². The summed E-state index contributed by atoms with van der Waals surface area (Å²) < 4.78 is 6.64. The molecular formula is C14H11ClN4O2. The third-order valence-electron chi connectivity index (χ3n) is 2.88. The maximum Gasteiger partial charge on any atom is 0.276 e. The van der Waals surface area contributed by atoms with E-state index in [0.29, 0.717) is 22.2 Å². The van der Waals surface area contributed by atoms with Crippen molar-refractivity contribution in [2.24, 2.45) is 0 Å². The van der Waals surface area contributed by atoms with Crippen molar-refractivity contribution in [3.8, 4) is 5.75 Å². The van der Waals surface area contributed by atoms with E-state index < -0.39 is 0 Å². The summed E-state index contributed by atoms with van der Waals surface area (Å²) >= 11 is 5.80. The van der Waals surface area contributed by atoms with E-state index in [9.17, 15) is 4.79 Å². The van der Waals surface area contributed by atoms with Crippen LogP contribution in [0.2, 0.25) is 5.15 Å². The molecule has 6 nitrogen and oxygen atoms in total. The Morgan fingerprint density at radius 3 is 2.90 bits per heavy atom. The number of hydrogen-bond donors (Lipinski definition) is 1. The molecule has 0 aliphatic rings. The number of imidazole rings is 1. The highest BCUT2D eigenvalue weighted by Crippen LogP contribution is 2.23. The Balaban J connectivity index is 1.90. The van der Waals surface area contributed by atoms with E-state index in [1.165, 1.54) is 10.7 Å². The van der Waals surface area contributed by atoms with Crippen LogP contribution in [0.5, 0.6) is 5.75 Å². The molecule has 0 saturated carbocycles. The number of halogens is 1. The Bertz CT molecular complexity index is 816. The number of ether oxygens (including phenoxy) is 1. The van der Waals surface area contributed by atoms with Crippen LogP contribution in [-0.2, 0) is 0 Å². The lowest BCUT2D eigenvalue weighted by atomic mass is 10.3. The molecule has 0 spiro atoms. The Morgan fingerprint density at radius 1 is 1.29 bits per heavy atom. The molecule has 1 aromatic carbocycles. The minimum Gasteiger partial charge on any atom is -0.495 e. The van der Waals surface area contributed by atoms with Crippen molar-refractivity contribution in [3.05, 3.63) is 53.4 Å². The van der Waals surface area contributed by atoms with Gasteiger partial charge in [0.1, 0.15) is 16.6 Å².